The Balaban J connectivity index is 1.45. The minimum absolute atomic E-state index is 0.0151. The van der Waals surface area contributed by atoms with Crippen molar-refractivity contribution in [1.29, 1.82) is 0 Å². The number of carbonyl (C=O) groups excluding carboxylic acids is 3. The van der Waals surface area contributed by atoms with Crippen LogP contribution in [0, 0.1) is 0 Å². The van der Waals surface area contributed by atoms with Crippen molar-refractivity contribution in [3.05, 3.63) is 11.8 Å². The molecule has 5 saturated heterocycles. The van der Waals surface area contributed by atoms with E-state index in [1.807, 2.05) is 0 Å². The van der Waals surface area contributed by atoms with Gasteiger partial charge in [-0.05, 0) is 19.4 Å². The zero-order chi connectivity index (χ0) is 26.5. The lowest BCUT2D eigenvalue weighted by molar-refractivity contribution is -0.134. The first-order valence-electron chi connectivity index (χ1n) is 11.8. The average Bonchev–Trinajstić information content (AvgIpc) is 3.38. The van der Waals surface area contributed by atoms with Gasteiger partial charge in [0.05, 0.1) is 25.4 Å². The van der Waals surface area contributed by atoms with Crippen LogP contribution in [0.5, 0.6) is 0 Å². The summed E-state index contributed by atoms with van der Waals surface area (Å²) in [6.07, 6.45) is -4.86. The van der Waals surface area contributed by atoms with Gasteiger partial charge in [-0.1, -0.05) is 0 Å². The van der Waals surface area contributed by atoms with Crippen LogP contribution in [0.4, 0.5) is 9.59 Å². The summed E-state index contributed by atoms with van der Waals surface area (Å²) in [6.45, 7) is 2.31. The van der Waals surface area contributed by atoms with E-state index in [9.17, 15) is 34.1 Å². The number of aliphatic hydroxyl groups excluding tert-OH is 2. The highest BCUT2D eigenvalue weighted by Gasteiger charge is 2.74. The first-order valence-corrected chi connectivity index (χ1v) is 14.1. The van der Waals surface area contributed by atoms with Crippen molar-refractivity contribution in [3.8, 4) is 0 Å². The molecule has 10 atom stereocenters. The second-order valence-corrected chi connectivity index (χ2v) is 13.2. The van der Waals surface area contributed by atoms with Gasteiger partial charge in [-0.3, -0.25) is 29.0 Å². The third kappa shape index (κ3) is 3.69. The van der Waals surface area contributed by atoms with Gasteiger partial charge in [-0.15, -0.1) is 11.8 Å². The van der Waals surface area contributed by atoms with Crippen molar-refractivity contribution in [3.63, 3.8) is 0 Å². The van der Waals surface area contributed by atoms with E-state index < -0.39 is 91.5 Å². The molecule has 1 spiro atoms. The third-order valence-corrected chi connectivity index (χ3v) is 10.6. The second kappa shape index (κ2) is 8.37. The summed E-state index contributed by atoms with van der Waals surface area (Å²) in [5, 5.41) is 25.6. The minimum atomic E-state index is -4.72. The van der Waals surface area contributed by atoms with Gasteiger partial charge in [0.15, 0.2) is 0 Å². The molecule has 15 nitrogen and oxygen atoms in total. The number of nitrogens with one attached hydrogen (secondary N) is 2. The fraction of sp³-hybridized carbons (Fsp3) is 0.750. The maximum Gasteiger partial charge on any atom is 0.472 e. The van der Waals surface area contributed by atoms with Crippen LogP contribution >= 0.6 is 19.6 Å². The number of imide groups is 1. The van der Waals surface area contributed by atoms with Crippen LogP contribution in [0.25, 0.3) is 0 Å². The summed E-state index contributed by atoms with van der Waals surface area (Å²) in [5.41, 5.74) is 0.626. The normalized spacial score (nSPS) is 49.3. The number of phosphoric ester groups is 1. The number of phosphoric acid groups is 1. The lowest BCUT2D eigenvalue weighted by Crippen LogP contribution is -2.86. The highest BCUT2D eigenvalue weighted by Crippen LogP contribution is 2.62. The predicted molar refractivity (Wildman–Crippen MR) is 122 cm³/mol. The van der Waals surface area contributed by atoms with Crippen LogP contribution in [-0.4, -0.2) is 109 Å². The van der Waals surface area contributed by atoms with Gasteiger partial charge in [0, 0.05) is 19.0 Å². The van der Waals surface area contributed by atoms with Crippen molar-refractivity contribution < 1.29 is 52.6 Å². The third-order valence-electron chi connectivity index (χ3n) is 7.77. The van der Waals surface area contributed by atoms with Crippen LogP contribution in [0.2, 0.25) is 0 Å². The number of aliphatic hydroxyl groups is 2. The van der Waals surface area contributed by atoms with Gasteiger partial charge >= 0.3 is 19.9 Å². The fourth-order valence-corrected chi connectivity index (χ4v) is 8.75. The molecule has 7 rings (SSSR count). The van der Waals surface area contributed by atoms with E-state index in [1.165, 1.54) is 21.6 Å². The maximum absolute atomic E-state index is 13.3. The molecule has 7 aliphatic rings. The largest absolute Gasteiger partial charge is 0.472 e. The van der Waals surface area contributed by atoms with Gasteiger partial charge in [0.25, 0.3) is 0 Å². The summed E-state index contributed by atoms with van der Waals surface area (Å²) in [5.74, 6) is -0.531. The van der Waals surface area contributed by atoms with Crippen LogP contribution in [-0.2, 0) is 27.9 Å². The monoisotopic (exact) mass is 562 g/mol. The zero-order valence-corrected chi connectivity index (χ0v) is 21.5. The lowest BCUT2D eigenvalue weighted by atomic mass is 9.82. The van der Waals surface area contributed by atoms with Gasteiger partial charge in [-0.2, -0.15) is 0 Å². The van der Waals surface area contributed by atoms with E-state index in [-0.39, 0.29) is 12.8 Å². The molecule has 0 aromatic rings. The molecule has 5 N–H and O–H groups in total. The molecule has 0 aromatic carbocycles. The van der Waals surface area contributed by atoms with E-state index >= 15 is 0 Å². The maximum atomic E-state index is 13.3. The summed E-state index contributed by atoms with van der Waals surface area (Å²) >= 11 is 1.18. The number of ether oxygens (including phenoxy) is 2. The Morgan fingerprint density at radius 1 is 1.19 bits per heavy atom. The number of urea groups is 2. The lowest BCUT2D eigenvalue weighted by Gasteiger charge is -2.66. The predicted octanol–water partition coefficient (Wildman–Crippen LogP) is -0.863. The summed E-state index contributed by atoms with van der Waals surface area (Å²) in [7, 11) is -4.72. The smallest absolute Gasteiger partial charge is 0.394 e. The molecule has 204 valence electrons. The quantitative estimate of drug-likeness (QED) is 0.248. The molecule has 0 saturated carbocycles. The molecule has 1 unspecified atom stereocenters. The highest BCUT2D eigenvalue weighted by molar-refractivity contribution is 8.04. The summed E-state index contributed by atoms with van der Waals surface area (Å²) < 4.78 is 33.6. The summed E-state index contributed by atoms with van der Waals surface area (Å²) in [4.78, 5) is 51.1. The Morgan fingerprint density at radius 2 is 1.95 bits per heavy atom. The Kier molecular flexibility index (Phi) is 5.78. The Bertz CT molecular complexity index is 1140. The topological polar surface area (TPSA) is 196 Å². The molecule has 0 radical (unpaired) electrons. The number of fused-ring (bicyclic) bond motifs is 4. The Labute approximate surface area is 215 Å². The van der Waals surface area contributed by atoms with Gasteiger partial charge in [0.2, 0.25) is 5.91 Å². The van der Waals surface area contributed by atoms with Gasteiger partial charge < -0.3 is 29.9 Å². The minimum Gasteiger partial charge on any atom is -0.394 e. The molecule has 6 bridgehead atoms. The van der Waals surface area contributed by atoms with Crippen LogP contribution < -0.4 is 10.6 Å². The molecule has 0 aromatic heterocycles. The number of hydrogen-bond donors (Lipinski definition) is 5. The molecule has 37 heavy (non-hydrogen) atoms. The highest BCUT2D eigenvalue weighted by atomic mass is 32.2. The number of nitrogens with zero attached hydrogens (tertiary/aromatic N) is 2. The number of rotatable bonds is 1. The van der Waals surface area contributed by atoms with E-state index in [0.29, 0.717) is 5.57 Å². The van der Waals surface area contributed by atoms with Crippen molar-refractivity contribution in [1.82, 2.24) is 20.4 Å². The molecular weight excluding hydrogens is 535 g/mol. The first kappa shape index (κ1) is 25.5. The zero-order valence-electron chi connectivity index (χ0n) is 19.8. The number of amides is 5. The van der Waals surface area contributed by atoms with Crippen LogP contribution in [0.15, 0.2) is 11.8 Å². The molecule has 0 aliphatic carbocycles. The van der Waals surface area contributed by atoms with E-state index in [0.717, 1.165) is 0 Å². The number of thioether (sulfide) groups is 1. The van der Waals surface area contributed by atoms with Crippen molar-refractivity contribution in [2.45, 2.75) is 79.2 Å². The van der Waals surface area contributed by atoms with Crippen molar-refractivity contribution >= 4 is 37.6 Å². The molecule has 7 aliphatic heterocycles. The van der Waals surface area contributed by atoms with E-state index in [2.05, 4.69) is 10.6 Å². The van der Waals surface area contributed by atoms with E-state index in [4.69, 9.17) is 18.5 Å². The first-order chi connectivity index (χ1) is 17.4. The molecule has 5 fully saturated rings. The number of hydrogen-bond acceptors (Lipinski definition) is 11. The molecule has 7 heterocycles. The average molecular weight is 562 g/mol. The summed E-state index contributed by atoms with van der Waals surface area (Å²) in [6, 6.07) is -2.24. The van der Waals surface area contributed by atoms with E-state index in [1.54, 1.807) is 20.0 Å². The van der Waals surface area contributed by atoms with Gasteiger partial charge in [-0.25, -0.2) is 14.2 Å². The van der Waals surface area contributed by atoms with Crippen LogP contribution in [0.3, 0.4) is 0 Å². The number of carbonyl (C=O) groups is 3. The van der Waals surface area contributed by atoms with Crippen molar-refractivity contribution in [2.75, 3.05) is 13.2 Å². The van der Waals surface area contributed by atoms with Gasteiger partial charge in [0.1, 0.15) is 40.4 Å². The van der Waals surface area contributed by atoms with Crippen LogP contribution in [0.1, 0.15) is 26.7 Å². The fourth-order valence-electron chi connectivity index (χ4n) is 5.95. The Morgan fingerprint density at radius 3 is 2.68 bits per heavy atom. The van der Waals surface area contributed by atoms with Crippen molar-refractivity contribution in [2.24, 2.45) is 0 Å². The second-order valence-electron chi connectivity index (χ2n) is 10.1. The Hall–Kier alpha value is -1.75. The molecule has 17 heteroatoms. The molecule has 5 amide bonds. The standard InChI is InChI=1S/C20H27N4O11PS/c1-8-5-23-13-3-9(26)12(34-13)7-32-36(30,31)35-10-4-14(33-11(10)6-25)24-15-19(2,16(27)21-17(24)28)37-20(8,15)22-18(23)29/h5,9-15,25-26H,3-4,6-7H2,1-2H3,(H,22,29)(H,30,31)(H,21,27,28)/t9-,10-,11+,12+,13+,14+,15+,19+,20+/m0/s1. The molecular formula is C20H27N4O11PS. The SMILES string of the molecule is CC1=CN2C(=O)N[C@@]13S[C@@]1(C)C(=O)NC(=O)N([C@H]13)[C@H]1C[C@H](OP(=O)(O)OC[C@H]3O[C@@H]2C[C@@H]3O)[C@@H](CO)O1.